The summed E-state index contributed by atoms with van der Waals surface area (Å²) in [7, 11) is 0. The Labute approximate surface area is 99.3 Å². The Morgan fingerprint density at radius 1 is 1.31 bits per heavy atom. The Bertz CT molecular complexity index is 362. The van der Waals surface area contributed by atoms with Crippen LogP contribution in [0.3, 0.4) is 0 Å². The second kappa shape index (κ2) is 4.58. The molecule has 1 nitrogen and oxygen atoms in total. The first-order chi connectivity index (χ1) is 7.59. The van der Waals surface area contributed by atoms with Gasteiger partial charge in [0.15, 0.2) is 0 Å². The van der Waals surface area contributed by atoms with Crippen LogP contribution in [0.4, 0.5) is 0 Å². The number of aryl methyl sites for hydroxylation is 2. The molecule has 1 aromatic carbocycles. The first-order valence-corrected chi connectivity index (χ1v) is 6.36. The van der Waals surface area contributed by atoms with E-state index in [1.807, 2.05) is 0 Å². The summed E-state index contributed by atoms with van der Waals surface area (Å²) in [4.78, 5) is 0. The molecule has 0 aliphatic carbocycles. The van der Waals surface area contributed by atoms with Crippen molar-refractivity contribution in [1.82, 2.24) is 5.32 Å². The van der Waals surface area contributed by atoms with Gasteiger partial charge in [0, 0.05) is 6.54 Å². The topological polar surface area (TPSA) is 12.0 Å². The zero-order valence-electron chi connectivity index (χ0n) is 10.8. The minimum Gasteiger partial charge on any atom is -0.316 e. The molecule has 1 aromatic rings. The maximum Gasteiger partial charge on any atom is 0.000836 e. The summed E-state index contributed by atoms with van der Waals surface area (Å²) in [5.41, 5.74) is 4.81. The monoisotopic (exact) mass is 217 g/mol. The lowest BCUT2D eigenvalue weighted by Crippen LogP contribution is -2.39. The van der Waals surface area contributed by atoms with E-state index in [0.717, 1.165) is 0 Å². The fourth-order valence-electron chi connectivity index (χ4n) is 2.72. The molecule has 1 heterocycles. The lowest BCUT2D eigenvalue weighted by Gasteiger charge is -2.34. The van der Waals surface area contributed by atoms with Gasteiger partial charge < -0.3 is 5.32 Å². The summed E-state index contributed by atoms with van der Waals surface area (Å²) < 4.78 is 0. The molecule has 1 aliphatic heterocycles. The quantitative estimate of drug-likeness (QED) is 0.802. The van der Waals surface area contributed by atoms with Gasteiger partial charge in [-0.1, -0.05) is 30.7 Å². The van der Waals surface area contributed by atoms with Crippen LogP contribution in [-0.2, 0) is 6.42 Å². The largest absolute Gasteiger partial charge is 0.316 e. The Hall–Kier alpha value is -0.820. The number of rotatable bonds is 2. The normalized spacial score (nSPS) is 25.7. The van der Waals surface area contributed by atoms with Crippen molar-refractivity contribution in [1.29, 1.82) is 0 Å². The standard InChI is InChI=1S/C15H23N/c1-12-5-6-13(2)14(9-12)10-15(3)7-4-8-16-11-15/h5-6,9,16H,4,7-8,10-11H2,1-3H3. The van der Waals surface area contributed by atoms with Crippen molar-refractivity contribution in [3.63, 3.8) is 0 Å². The molecule has 1 N–H and O–H groups in total. The van der Waals surface area contributed by atoms with Gasteiger partial charge >= 0.3 is 0 Å². The van der Waals surface area contributed by atoms with Crippen molar-refractivity contribution in [3.05, 3.63) is 34.9 Å². The molecular formula is C15H23N. The van der Waals surface area contributed by atoms with Crippen LogP contribution < -0.4 is 5.32 Å². The smallest absolute Gasteiger partial charge is 0.000836 e. The van der Waals surface area contributed by atoms with Gasteiger partial charge in [0.2, 0.25) is 0 Å². The van der Waals surface area contributed by atoms with E-state index in [-0.39, 0.29) is 0 Å². The molecule has 1 saturated heterocycles. The highest BCUT2D eigenvalue weighted by Gasteiger charge is 2.27. The Morgan fingerprint density at radius 3 is 2.81 bits per heavy atom. The molecule has 16 heavy (non-hydrogen) atoms. The fourth-order valence-corrected chi connectivity index (χ4v) is 2.72. The van der Waals surface area contributed by atoms with Crippen LogP contribution in [0, 0.1) is 19.3 Å². The van der Waals surface area contributed by atoms with Crippen molar-refractivity contribution in [2.75, 3.05) is 13.1 Å². The van der Waals surface area contributed by atoms with Crippen LogP contribution >= 0.6 is 0 Å². The predicted octanol–water partition coefficient (Wildman–Crippen LogP) is 3.24. The van der Waals surface area contributed by atoms with Gasteiger partial charge in [-0.25, -0.2) is 0 Å². The van der Waals surface area contributed by atoms with Gasteiger partial charge in [-0.2, -0.15) is 0 Å². The van der Waals surface area contributed by atoms with Crippen molar-refractivity contribution < 1.29 is 0 Å². The summed E-state index contributed by atoms with van der Waals surface area (Å²) in [6.07, 6.45) is 3.89. The molecule has 1 fully saturated rings. The minimum absolute atomic E-state index is 0.455. The van der Waals surface area contributed by atoms with Crippen LogP contribution in [0.1, 0.15) is 36.5 Å². The minimum atomic E-state index is 0.455. The van der Waals surface area contributed by atoms with E-state index >= 15 is 0 Å². The molecule has 0 spiro atoms. The van der Waals surface area contributed by atoms with E-state index in [1.54, 1.807) is 0 Å². The molecule has 1 unspecified atom stereocenters. The van der Waals surface area contributed by atoms with Crippen LogP contribution in [0.15, 0.2) is 18.2 Å². The molecule has 0 aromatic heterocycles. The maximum absolute atomic E-state index is 3.53. The van der Waals surface area contributed by atoms with Crippen molar-refractivity contribution in [2.24, 2.45) is 5.41 Å². The fraction of sp³-hybridized carbons (Fsp3) is 0.600. The van der Waals surface area contributed by atoms with E-state index in [1.165, 1.54) is 49.0 Å². The van der Waals surface area contributed by atoms with Crippen LogP contribution in [-0.4, -0.2) is 13.1 Å². The zero-order chi connectivity index (χ0) is 11.6. The van der Waals surface area contributed by atoms with Crippen molar-refractivity contribution >= 4 is 0 Å². The lowest BCUT2D eigenvalue weighted by molar-refractivity contribution is 0.234. The first kappa shape index (κ1) is 11.7. The van der Waals surface area contributed by atoms with Gasteiger partial charge in [-0.15, -0.1) is 0 Å². The summed E-state index contributed by atoms with van der Waals surface area (Å²) in [5, 5.41) is 3.53. The first-order valence-electron chi connectivity index (χ1n) is 6.36. The zero-order valence-corrected chi connectivity index (χ0v) is 10.8. The molecular weight excluding hydrogens is 194 g/mol. The Kier molecular flexibility index (Phi) is 3.34. The number of benzene rings is 1. The second-order valence-electron chi connectivity index (χ2n) is 5.70. The molecule has 0 bridgehead atoms. The second-order valence-corrected chi connectivity index (χ2v) is 5.70. The summed E-state index contributed by atoms with van der Waals surface area (Å²) in [5.74, 6) is 0. The van der Waals surface area contributed by atoms with Gasteiger partial charge in [-0.3, -0.25) is 0 Å². The van der Waals surface area contributed by atoms with Crippen LogP contribution in [0.25, 0.3) is 0 Å². The van der Waals surface area contributed by atoms with E-state index in [0.29, 0.717) is 5.41 Å². The number of hydrogen-bond donors (Lipinski definition) is 1. The summed E-state index contributed by atoms with van der Waals surface area (Å²) >= 11 is 0. The van der Waals surface area contributed by atoms with Gasteiger partial charge in [0.25, 0.3) is 0 Å². The van der Waals surface area contributed by atoms with Gasteiger partial charge in [-0.05, 0) is 56.2 Å². The predicted molar refractivity (Wildman–Crippen MR) is 69.8 cm³/mol. The average molecular weight is 217 g/mol. The molecule has 0 amide bonds. The number of nitrogens with one attached hydrogen (secondary N) is 1. The van der Waals surface area contributed by atoms with E-state index in [2.05, 4.69) is 44.3 Å². The third-order valence-corrected chi connectivity index (χ3v) is 3.81. The molecule has 2 rings (SSSR count). The average Bonchev–Trinajstić information content (AvgIpc) is 2.24. The van der Waals surface area contributed by atoms with Gasteiger partial charge in [0.05, 0.1) is 0 Å². The molecule has 0 saturated carbocycles. The highest BCUT2D eigenvalue weighted by molar-refractivity contribution is 5.31. The van der Waals surface area contributed by atoms with E-state index in [4.69, 9.17) is 0 Å². The molecule has 1 aliphatic rings. The molecule has 0 radical (unpaired) electrons. The number of hydrogen-bond acceptors (Lipinski definition) is 1. The molecule has 1 heteroatoms. The summed E-state index contributed by atoms with van der Waals surface area (Å²) in [6, 6.07) is 6.82. The van der Waals surface area contributed by atoms with Crippen LogP contribution in [0.2, 0.25) is 0 Å². The SMILES string of the molecule is Cc1ccc(C)c(CC2(C)CCCNC2)c1. The third-order valence-electron chi connectivity index (χ3n) is 3.81. The van der Waals surface area contributed by atoms with Crippen LogP contribution in [0.5, 0.6) is 0 Å². The van der Waals surface area contributed by atoms with Gasteiger partial charge in [0.1, 0.15) is 0 Å². The maximum atomic E-state index is 3.53. The number of piperidine rings is 1. The van der Waals surface area contributed by atoms with E-state index < -0.39 is 0 Å². The van der Waals surface area contributed by atoms with Crippen molar-refractivity contribution in [3.8, 4) is 0 Å². The highest BCUT2D eigenvalue weighted by Crippen LogP contribution is 2.31. The molecule has 1 atom stereocenters. The Morgan fingerprint density at radius 2 is 2.12 bits per heavy atom. The summed E-state index contributed by atoms with van der Waals surface area (Å²) in [6.45, 7) is 9.20. The highest BCUT2D eigenvalue weighted by atomic mass is 14.9. The Balaban J connectivity index is 2.15. The third kappa shape index (κ3) is 2.65. The van der Waals surface area contributed by atoms with Crippen molar-refractivity contribution in [2.45, 2.75) is 40.0 Å². The van der Waals surface area contributed by atoms with E-state index in [9.17, 15) is 0 Å². The lowest BCUT2D eigenvalue weighted by atomic mass is 9.77. The molecule has 88 valence electrons.